The van der Waals surface area contributed by atoms with E-state index in [1.54, 1.807) is 0 Å². The van der Waals surface area contributed by atoms with Gasteiger partial charge in [-0.2, -0.15) is 0 Å². The number of aromatic amines is 3. The number of hydrogen-bond donors (Lipinski definition) is 3. The Morgan fingerprint density at radius 3 is 1.40 bits per heavy atom. The molecule has 0 atom stereocenters. The monoisotopic (exact) mass is 650 g/mol. The van der Waals surface area contributed by atoms with E-state index < -0.39 is 8.07 Å². The minimum absolute atomic E-state index is 0.519. The highest BCUT2D eigenvalue weighted by molar-refractivity contribution is 6.76. The average molecular weight is 651 g/mol. The molecule has 10 heteroatoms. The van der Waals surface area contributed by atoms with E-state index in [1.807, 2.05) is 116 Å². The van der Waals surface area contributed by atoms with Crippen molar-refractivity contribution in [3.05, 3.63) is 122 Å². The summed E-state index contributed by atoms with van der Waals surface area (Å²) in [4.78, 5) is 29.0. The van der Waals surface area contributed by atoms with Crippen molar-refractivity contribution in [2.24, 2.45) is 0 Å². The zero-order chi connectivity index (χ0) is 32.9. The topological polar surface area (TPSA) is 113 Å². The van der Waals surface area contributed by atoms with Gasteiger partial charge < -0.3 is 24.3 Å². The Morgan fingerprint density at radius 2 is 0.979 bits per heavy atom. The predicted molar refractivity (Wildman–Crippen MR) is 196 cm³/mol. The minimum atomic E-state index is -1.09. The Hall–Kier alpha value is -5.58. The summed E-state index contributed by atoms with van der Waals surface area (Å²) >= 11 is 0. The lowest BCUT2D eigenvalue weighted by atomic mass is 10.1. The van der Waals surface area contributed by atoms with Gasteiger partial charge in [-0.15, -0.1) is 0 Å². The minimum Gasteiger partial charge on any atom is -0.361 e. The molecule has 0 aliphatic carbocycles. The van der Waals surface area contributed by atoms with Crippen LogP contribution in [-0.4, -0.2) is 54.1 Å². The van der Waals surface area contributed by atoms with Crippen LogP contribution in [0.25, 0.3) is 67.6 Å². The van der Waals surface area contributed by atoms with Crippen LogP contribution in [0.4, 0.5) is 0 Å². The highest BCUT2D eigenvalue weighted by Gasteiger charge is 2.18. The van der Waals surface area contributed by atoms with E-state index in [9.17, 15) is 0 Å². The van der Waals surface area contributed by atoms with E-state index in [0.29, 0.717) is 6.73 Å². The molecule has 8 rings (SSSR count). The molecule has 0 radical (unpaired) electrons. The molecule has 0 fully saturated rings. The number of nitrogens with zero attached hydrogens (tertiary/aromatic N) is 5. The van der Waals surface area contributed by atoms with Crippen molar-refractivity contribution in [3.63, 3.8) is 0 Å². The molecule has 0 unspecified atom stereocenters. The fourth-order valence-electron chi connectivity index (χ4n) is 5.46. The first kappa shape index (κ1) is 31.0. The molecular formula is C38H38N8OSi. The van der Waals surface area contributed by atoms with Crippen LogP contribution >= 0.6 is 0 Å². The summed E-state index contributed by atoms with van der Waals surface area (Å²) in [5.74, 6) is 0. The molecule has 8 aromatic rings. The molecule has 0 amide bonds. The summed E-state index contributed by atoms with van der Waals surface area (Å²) in [6.07, 6.45) is 7.74. The molecule has 3 N–H and O–H groups in total. The van der Waals surface area contributed by atoms with Crippen LogP contribution in [0.3, 0.4) is 0 Å². The van der Waals surface area contributed by atoms with Gasteiger partial charge in [0.25, 0.3) is 0 Å². The third-order valence-electron chi connectivity index (χ3n) is 8.00. The molecule has 0 bridgehead atoms. The molecule has 6 aromatic heterocycles. The number of hydrogen-bond acceptors (Lipinski definition) is 5. The van der Waals surface area contributed by atoms with Crippen LogP contribution < -0.4 is 0 Å². The summed E-state index contributed by atoms with van der Waals surface area (Å²) < 4.78 is 8.08. The number of benzene rings is 2. The Morgan fingerprint density at radius 1 is 0.542 bits per heavy atom. The first-order chi connectivity index (χ1) is 23.4. The highest BCUT2D eigenvalue weighted by atomic mass is 28.3. The second-order valence-corrected chi connectivity index (χ2v) is 18.4. The standard InChI is InChI=1S/C22H26N4OSi.C16H12N4/c1-28(2,3)15-14-27-16-26-13-7-11-20(26)22-21(19-10-6-12-23-19)24-17-8-4-5-9-18(17)25-22;1-2-6-12-11(5-1)19-15(13-7-3-9-17-13)16(20-12)14-8-4-10-18-14/h4-13,23H,14-16H2,1-3H3;1-10,17-18H. The van der Waals surface area contributed by atoms with Crippen molar-refractivity contribution in [1.29, 1.82) is 0 Å². The number of H-pyrrole nitrogens is 3. The predicted octanol–water partition coefficient (Wildman–Crippen LogP) is 9.03. The van der Waals surface area contributed by atoms with Crippen LogP contribution in [-0.2, 0) is 11.5 Å². The lowest BCUT2D eigenvalue weighted by Gasteiger charge is -2.17. The number of rotatable bonds is 9. The highest BCUT2D eigenvalue weighted by Crippen LogP contribution is 2.31. The van der Waals surface area contributed by atoms with Gasteiger partial charge in [0.1, 0.15) is 29.5 Å². The molecular weight excluding hydrogens is 613 g/mol. The Labute approximate surface area is 280 Å². The van der Waals surface area contributed by atoms with E-state index in [1.165, 1.54) is 0 Å². The number of aromatic nitrogens is 8. The maximum absolute atomic E-state index is 5.98. The summed E-state index contributed by atoms with van der Waals surface area (Å²) in [6, 6.07) is 33.1. The number of ether oxygens (including phenoxy) is 1. The van der Waals surface area contributed by atoms with Crippen molar-refractivity contribution in [2.45, 2.75) is 32.4 Å². The van der Waals surface area contributed by atoms with Crippen LogP contribution in [0.1, 0.15) is 0 Å². The Kier molecular flexibility index (Phi) is 8.82. The first-order valence-corrected chi connectivity index (χ1v) is 19.8. The van der Waals surface area contributed by atoms with Crippen molar-refractivity contribution in [1.82, 2.24) is 39.5 Å². The van der Waals surface area contributed by atoms with E-state index in [2.05, 4.69) is 45.2 Å². The van der Waals surface area contributed by atoms with Gasteiger partial charge in [0, 0.05) is 39.5 Å². The van der Waals surface area contributed by atoms with Crippen molar-refractivity contribution >= 4 is 30.1 Å². The fraction of sp³-hybridized carbons (Fsp3) is 0.158. The summed E-state index contributed by atoms with van der Waals surface area (Å²) in [6.45, 7) is 8.41. The van der Waals surface area contributed by atoms with Gasteiger partial charge >= 0.3 is 0 Å². The normalized spacial score (nSPS) is 11.6. The van der Waals surface area contributed by atoms with Gasteiger partial charge in [-0.3, -0.25) is 0 Å². The molecule has 0 saturated carbocycles. The van der Waals surface area contributed by atoms with Crippen molar-refractivity contribution in [3.8, 4) is 45.6 Å². The first-order valence-electron chi connectivity index (χ1n) is 16.1. The Bertz CT molecular complexity index is 2160. The molecule has 0 saturated heterocycles. The fourth-order valence-corrected chi connectivity index (χ4v) is 6.21. The van der Waals surface area contributed by atoms with Gasteiger partial charge in [-0.05, 0) is 78.8 Å². The lowest BCUT2D eigenvalue weighted by molar-refractivity contribution is 0.0885. The maximum Gasteiger partial charge on any atom is 0.122 e. The second kappa shape index (κ2) is 13.6. The largest absolute Gasteiger partial charge is 0.361 e. The summed E-state index contributed by atoms with van der Waals surface area (Å²) in [7, 11) is -1.09. The number of nitrogens with one attached hydrogen (secondary N) is 3. The molecule has 48 heavy (non-hydrogen) atoms. The smallest absolute Gasteiger partial charge is 0.122 e. The van der Waals surface area contributed by atoms with Gasteiger partial charge in [0.15, 0.2) is 0 Å². The van der Waals surface area contributed by atoms with Gasteiger partial charge in [-0.25, -0.2) is 19.9 Å². The second-order valence-electron chi connectivity index (χ2n) is 12.8. The van der Waals surface area contributed by atoms with Crippen molar-refractivity contribution in [2.75, 3.05) is 6.61 Å². The summed E-state index contributed by atoms with van der Waals surface area (Å²) in [5, 5.41) is 0. The van der Waals surface area contributed by atoms with Gasteiger partial charge in [0.2, 0.25) is 0 Å². The SMILES string of the molecule is C[Si](C)(C)CCOCn1cccc1-c1nc2ccccc2nc1-c1ccc[nH]1.c1c[nH]c(-c2nc3ccccc3nc2-c2ccc[nH]2)c1. The van der Waals surface area contributed by atoms with Crippen LogP contribution in [0.5, 0.6) is 0 Å². The molecule has 0 aliphatic heterocycles. The number of para-hydroxylation sites is 4. The lowest BCUT2D eigenvalue weighted by Crippen LogP contribution is -2.22. The van der Waals surface area contributed by atoms with Gasteiger partial charge in [0.05, 0.1) is 44.8 Å². The van der Waals surface area contributed by atoms with Crippen LogP contribution in [0.15, 0.2) is 122 Å². The third kappa shape index (κ3) is 6.90. The van der Waals surface area contributed by atoms with E-state index in [-0.39, 0.29) is 0 Å². The third-order valence-corrected chi connectivity index (χ3v) is 9.70. The average Bonchev–Trinajstić information content (AvgIpc) is 3.94. The molecule has 2 aromatic carbocycles. The maximum atomic E-state index is 5.98. The zero-order valence-electron chi connectivity index (χ0n) is 27.3. The van der Waals surface area contributed by atoms with E-state index in [4.69, 9.17) is 24.7 Å². The molecule has 0 aliphatic rings. The van der Waals surface area contributed by atoms with Crippen LogP contribution in [0.2, 0.25) is 25.7 Å². The molecule has 9 nitrogen and oxygen atoms in total. The zero-order valence-corrected chi connectivity index (χ0v) is 28.3. The van der Waals surface area contributed by atoms with Crippen molar-refractivity contribution < 1.29 is 4.74 Å². The van der Waals surface area contributed by atoms with E-state index >= 15 is 0 Å². The Balaban J connectivity index is 0.000000160. The quantitative estimate of drug-likeness (QED) is 0.107. The number of fused-ring (bicyclic) bond motifs is 2. The molecule has 240 valence electrons. The van der Waals surface area contributed by atoms with Gasteiger partial charge in [-0.1, -0.05) is 43.9 Å². The molecule has 0 spiro atoms. The summed E-state index contributed by atoms with van der Waals surface area (Å²) in [5.41, 5.74) is 10.9. The van der Waals surface area contributed by atoms with E-state index in [0.717, 1.165) is 80.3 Å². The van der Waals surface area contributed by atoms with Crippen LogP contribution in [0, 0.1) is 0 Å². The molecule has 6 heterocycles.